The summed E-state index contributed by atoms with van der Waals surface area (Å²) < 4.78 is 12.6. The number of methoxy groups -OCH3 is 1. The van der Waals surface area contributed by atoms with E-state index in [1.54, 1.807) is 31.2 Å². The van der Waals surface area contributed by atoms with Crippen molar-refractivity contribution >= 4 is 34.3 Å². The van der Waals surface area contributed by atoms with Gasteiger partial charge in [0.2, 0.25) is 0 Å². The minimum Gasteiger partial charge on any atom is -0.496 e. The number of hydrogen-bond acceptors (Lipinski definition) is 6. The van der Waals surface area contributed by atoms with Gasteiger partial charge < -0.3 is 14.0 Å². The summed E-state index contributed by atoms with van der Waals surface area (Å²) in [4.78, 5) is 24.6. The molecule has 0 spiro atoms. The van der Waals surface area contributed by atoms with Gasteiger partial charge in [-0.15, -0.1) is 0 Å². The highest BCUT2D eigenvalue weighted by Crippen LogP contribution is 2.42. The smallest absolute Gasteiger partial charge is 0.340 e. The second-order valence-electron chi connectivity index (χ2n) is 6.09. The van der Waals surface area contributed by atoms with Crippen molar-refractivity contribution in [2.75, 3.05) is 13.7 Å². The second-order valence-corrected chi connectivity index (χ2v) is 7.17. The summed E-state index contributed by atoms with van der Waals surface area (Å²) in [6.07, 6.45) is 0. The Kier molecular flexibility index (Phi) is 5.60. The number of rotatable bonds is 6. The number of fused-ring (bicyclic) bond motifs is 1. The first-order chi connectivity index (χ1) is 13.4. The van der Waals surface area contributed by atoms with E-state index in [0.29, 0.717) is 16.2 Å². The van der Waals surface area contributed by atoms with Crippen molar-refractivity contribution in [1.82, 2.24) is 4.57 Å². The fourth-order valence-electron chi connectivity index (χ4n) is 3.08. The number of aryl methyl sites for hydroxylation is 1. The summed E-state index contributed by atoms with van der Waals surface area (Å²) in [5.41, 5.74) is 2.13. The zero-order valence-corrected chi connectivity index (χ0v) is 16.8. The van der Waals surface area contributed by atoms with Gasteiger partial charge in [0.1, 0.15) is 5.75 Å². The molecule has 0 aliphatic carbocycles. The summed E-state index contributed by atoms with van der Waals surface area (Å²) in [7, 11) is 3.40. The first-order valence-corrected chi connectivity index (χ1v) is 9.46. The molecule has 0 aliphatic rings. The number of carbonyl (C=O) groups excluding carboxylic acids is 1. The maximum absolute atomic E-state index is 12.4. The molecule has 2 aromatic carbocycles. The number of nitrogens with zero attached hydrogens (tertiary/aromatic N) is 2. The molecule has 0 radical (unpaired) electrons. The zero-order chi connectivity index (χ0) is 20.4. The van der Waals surface area contributed by atoms with Crippen LogP contribution in [0.1, 0.15) is 23.0 Å². The van der Waals surface area contributed by atoms with E-state index in [4.69, 9.17) is 9.47 Å². The monoisotopic (exact) mass is 400 g/mol. The van der Waals surface area contributed by atoms with Gasteiger partial charge in [0, 0.05) is 24.2 Å². The van der Waals surface area contributed by atoms with Crippen LogP contribution in [0.25, 0.3) is 10.9 Å². The van der Waals surface area contributed by atoms with Gasteiger partial charge in [0.25, 0.3) is 5.69 Å². The van der Waals surface area contributed by atoms with E-state index < -0.39 is 4.92 Å². The van der Waals surface area contributed by atoms with Crippen molar-refractivity contribution in [2.24, 2.45) is 7.05 Å². The Bertz CT molecular complexity index is 1070. The van der Waals surface area contributed by atoms with Gasteiger partial charge in [-0.05, 0) is 32.0 Å². The van der Waals surface area contributed by atoms with Gasteiger partial charge in [-0.25, -0.2) is 4.79 Å². The maximum Gasteiger partial charge on any atom is 0.340 e. The standard InChI is InChI=1S/C20H20N2O5S/c1-5-27-20(23)19-12(2)21(3)15-11-18(16(26-4)10-13(15)19)28-17-9-7-6-8-14(17)22(24)25/h6-11H,5H2,1-4H3. The molecule has 0 fully saturated rings. The molecule has 0 aliphatic heterocycles. The molecule has 8 heteroatoms. The van der Waals surface area contributed by atoms with E-state index in [1.165, 1.54) is 24.9 Å². The van der Waals surface area contributed by atoms with Gasteiger partial charge in [0.15, 0.2) is 0 Å². The number of para-hydroxylation sites is 1. The maximum atomic E-state index is 12.4. The topological polar surface area (TPSA) is 83.6 Å². The average molecular weight is 400 g/mol. The van der Waals surface area contributed by atoms with Crippen molar-refractivity contribution in [1.29, 1.82) is 0 Å². The minimum absolute atomic E-state index is 0.0323. The summed E-state index contributed by atoms with van der Waals surface area (Å²) >= 11 is 1.25. The zero-order valence-electron chi connectivity index (χ0n) is 16.0. The molecule has 1 aromatic heterocycles. The molecular weight excluding hydrogens is 380 g/mol. The molecule has 0 bridgehead atoms. The Morgan fingerprint density at radius 1 is 1.25 bits per heavy atom. The first-order valence-electron chi connectivity index (χ1n) is 8.64. The van der Waals surface area contributed by atoms with Gasteiger partial charge >= 0.3 is 5.97 Å². The van der Waals surface area contributed by atoms with Gasteiger partial charge in [-0.1, -0.05) is 23.9 Å². The Balaban J connectivity index is 2.17. The molecule has 0 N–H and O–H groups in total. The van der Waals surface area contributed by atoms with Crippen molar-refractivity contribution in [3.63, 3.8) is 0 Å². The van der Waals surface area contributed by atoms with E-state index in [1.807, 2.05) is 24.6 Å². The summed E-state index contributed by atoms with van der Waals surface area (Å²) in [6, 6.07) is 10.2. The number of hydrogen-bond donors (Lipinski definition) is 0. The van der Waals surface area contributed by atoms with Crippen LogP contribution in [0.3, 0.4) is 0 Å². The molecule has 0 atom stereocenters. The molecule has 0 saturated heterocycles. The van der Waals surface area contributed by atoms with Crippen molar-refractivity contribution in [3.05, 3.63) is 57.8 Å². The lowest BCUT2D eigenvalue weighted by molar-refractivity contribution is -0.387. The fraction of sp³-hybridized carbons (Fsp3) is 0.250. The van der Waals surface area contributed by atoms with Crippen LogP contribution >= 0.6 is 11.8 Å². The molecule has 0 amide bonds. The van der Waals surface area contributed by atoms with Crippen LogP contribution in [0.4, 0.5) is 5.69 Å². The number of nitro benzene ring substituents is 1. The molecular formula is C20H20N2O5S. The summed E-state index contributed by atoms with van der Waals surface area (Å²) in [6.45, 7) is 3.91. The lowest BCUT2D eigenvalue weighted by Gasteiger charge is -2.10. The van der Waals surface area contributed by atoms with E-state index in [-0.39, 0.29) is 18.3 Å². The van der Waals surface area contributed by atoms with E-state index >= 15 is 0 Å². The van der Waals surface area contributed by atoms with Gasteiger partial charge in [-0.2, -0.15) is 0 Å². The third kappa shape index (κ3) is 3.43. The lowest BCUT2D eigenvalue weighted by atomic mass is 10.1. The highest BCUT2D eigenvalue weighted by atomic mass is 32.2. The Hall–Kier alpha value is -3.00. The highest BCUT2D eigenvalue weighted by Gasteiger charge is 2.23. The molecule has 146 valence electrons. The van der Waals surface area contributed by atoms with Crippen LogP contribution in [0.2, 0.25) is 0 Å². The number of carbonyl (C=O) groups is 1. The third-order valence-electron chi connectivity index (χ3n) is 4.54. The van der Waals surface area contributed by atoms with Crippen LogP contribution in [0.5, 0.6) is 5.75 Å². The van der Waals surface area contributed by atoms with Crippen LogP contribution < -0.4 is 4.74 Å². The normalized spacial score (nSPS) is 10.9. The second kappa shape index (κ2) is 7.93. The lowest BCUT2D eigenvalue weighted by Crippen LogP contribution is -2.06. The van der Waals surface area contributed by atoms with Crippen molar-refractivity contribution in [2.45, 2.75) is 23.6 Å². The molecule has 1 heterocycles. The predicted molar refractivity (Wildman–Crippen MR) is 107 cm³/mol. The Morgan fingerprint density at radius 2 is 1.96 bits per heavy atom. The van der Waals surface area contributed by atoms with Gasteiger partial charge in [-0.3, -0.25) is 10.1 Å². The first kappa shape index (κ1) is 19.8. The predicted octanol–water partition coefficient (Wildman–Crippen LogP) is 4.73. The molecule has 3 aromatic rings. The molecule has 0 saturated carbocycles. The van der Waals surface area contributed by atoms with Crippen molar-refractivity contribution in [3.8, 4) is 5.75 Å². The quantitative estimate of drug-likeness (QED) is 0.338. The number of nitro groups is 1. The molecule has 3 rings (SSSR count). The van der Waals surface area contributed by atoms with E-state index in [2.05, 4.69) is 0 Å². The van der Waals surface area contributed by atoms with E-state index in [9.17, 15) is 14.9 Å². The molecule has 0 unspecified atom stereocenters. The summed E-state index contributed by atoms with van der Waals surface area (Å²) in [5, 5.41) is 12.0. The fourth-order valence-corrected chi connectivity index (χ4v) is 4.13. The number of ether oxygens (including phenoxy) is 2. The van der Waals surface area contributed by atoms with Crippen LogP contribution in [0, 0.1) is 17.0 Å². The SMILES string of the molecule is CCOC(=O)c1c(C)n(C)c2cc(Sc3ccccc3[N+](=O)[O-])c(OC)cc12. The Labute approximate surface area is 166 Å². The van der Waals surface area contributed by atoms with E-state index in [0.717, 1.165) is 21.5 Å². The number of aromatic nitrogens is 1. The summed E-state index contributed by atoms with van der Waals surface area (Å²) in [5.74, 6) is 0.151. The Morgan fingerprint density at radius 3 is 2.61 bits per heavy atom. The third-order valence-corrected chi connectivity index (χ3v) is 5.64. The van der Waals surface area contributed by atoms with Crippen LogP contribution in [-0.4, -0.2) is 29.2 Å². The average Bonchev–Trinajstić information content (AvgIpc) is 2.92. The minimum atomic E-state index is -0.404. The largest absolute Gasteiger partial charge is 0.496 e. The van der Waals surface area contributed by atoms with Crippen LogP contribution in [0.15, 0.2) is 46.2 Å². The highest BCUT2D eigenvalue weighted by molar-refractivity contribution is 7.99. The van der Waals surface area contributed by atoms with Gasteiger partial charge in [0.05, 0.1) is 39.5 Å². The molecule has 28 heavy (non-hydrogen) atoms. The number of esters is 1. The molecule has 7 nitrogen and oxygen atoms in total. The number of benzene rings is 2. The van der Waals surface area contributed by atoms with Crippen molar-refractivity contribution < 1.29 is 19.2 Å². The van der Waals surface area contributed by atoms with Crippen LogP contribution in [-0.2, 0) is 11.8 Å².